The highest BCUT2D eigenvalue weighted by molar-refractivity contribution is 6.22. The second-order valence-corrected chi connectivity index (χ2v) is 2.19. The van der Waals surface area contributed by atoms with Crippen LogP contribution in [0.3, 0.4) is 0 Å². The standard InChI is InChI=1S/C3H6ClNO4/c4-3(1-6,2-7)5(8)9/h6-7H,1-2H2. The van der Waals surface area contributed by atoms with Gasteiger partial charge in [-0.05, 0) is 11.6 Å². The zero-order valence-electron chi connectivity index (χ0n) is 4.45. The molecule has 0 aromatic rings. The van der Waals surface area contributed by atoms with Gasteiger partial charge in [-0.3, -0.25) is 10.1 Å². The predicted molar refractivity (Wildman–Crippen MR) is 29.7 cm³/mol. The topological polar surface area (TPSA) is 83.6 Å². The predicted octanol–water partition coefficient (Wildman–Crippen LogP) is -0.817. The van der Waals surface area contributed by atoms with Crippen molar-refractivity contribution in [2.75, 3.05) is 13.2 Å². The number of nitrogens with zero attached hydrogens (tertiary/aromatic N) is 1. The molecule has 0 fully saturated rings. The Morgan fingerprint density at radius 2 is 1.89 bits per heavy atom. The maximum absolute atomic E-state index is 9.84. The summed E-state index contributed by atoms with van der Waals surface area (Å²) in [5.41, 5.74) is 0. The molecule has 0 saturated heterocycles. The summed E-state index contributed by atoms with van der Waals surface area (Å²) < 4.78 is 0. The molecule has 9 heavy (non-hydrogen) atoms. The molecule has 0 unspecified atom stereocenters. The van der Waals surface area contributed by atoms with E-state index in [-0.39, 0.29) is 0 Å². The lowest BCUT2D eigenvalue weighted by Gasteiger charge is -2.10. The Morgan fingerprint density at radius 3 is 1.89 bits per heavy atom. The molecule has 0 saturated carbocycles. The van der Waals surface area contributed by atoms with Crippen LogP contribution >= 0.6 is 11.6 Å². The van der Waals surface area contributed by atoms with Crippen molar-refractivity contribution in [2.45, 2.75) is 5.00 Å². The van der Waals surface area contributed by atoms with E-state index in [2.05, 4.69) is 0 Å². The number of aliphatic hydroxyl groups is 2. The van der Waals surface area contributed by atoms with Crippen molar-refractivity contribution in [3.8, 4) is 0 Å². The largest absolute Gasteiger partial charge is 0.387 e. The van der Waals surface area contributed by atoms with Gasteiger partial charge in [0.05, 0.1) is 0 Å². The molecule has 0 atom stereocenters. The third-order valence-electron chi connectivity index (χ3n) is 0.812. The summed E-state index contributed by atoms with van der Waals surface area (Å²) in [4.78, 5) is 6.79. The van der Waals surface area contributed by atoms with Crippen molar-refractivity contribution in [2.24, 2.45) is 0 Å². The maximum atomic E-state index is 9.84. The SMILES string of the molecule is O=[N+]([O-])C(Cl)(CO)CO. The molecular formula is C3H6ClNO4. The van der Waals surface area contributed by atoms with Crippen LogP contribution < -0.4 is 0 Å². The van der Waals surface area contributed by atoms with Crippen LogP contribution in [0.4, 0.5) is 0 Å². The number of hydrogen-bond donors (Lipinski definition) is 2. The van der Waals surface area contributed by atoms with E-state index in [1.165, 1.54) is 0 Å². The fourth-order valence-corrected chi connectivity index (χ4v) is 0.165. The van der Waals surface area contributed by atoms with Crippen molar-refractivity contribution in [3.63, 3.8) is 0 Å². The van der Waals surface area contributed by atoms with Gasteiger partial charge in [0.2, 0.25) is 0 Å². The van der Waals surface area contributed by atoms with Crippen LogP contribution in [0.25, 0.3) is 0 Å². The highest BCUT2D eigenvalue weighted by Gasteiger charge is 2.38. The van der Waals surface area contributed by atoms with E-state index in [0.29, 0.717) is 0 Å². The van der Waals surface area contributed by atoms with Crippen LogP contribution in [0.2, 0.25) is 0 Å². The van der Waals surface area contributed by atoms with Gasteiger partial charge in [0, 0.05) is 4.92 Å². The first-order chi connectivity index (χ1) is 4.06. The Balaban J connectivity index is 4.09. The van der Waals surface area contributed by atoms with Gasteiger partial charge >= 0.3 is 5.00 Å². The van der Waals surface area contributed by atoms with E-state index in [1.54, 1.807) is 0 Å². The van der Waals surface area contributed by atoms with Crippen molar-refractivity contribution < 1.29 is 15.1 Å². The molecule has 0 spiro atoms. The summed E-state index contributed by atoms with van der Waals surface area (Å²) in [6.07, 6.45) is 0. The molecule has 54 valence electrons. The van der Waals surface area contributed by atoms with Crippen LogP contribution in [-0.4, -0.2) is 33.3 Å². The van der Waals surface area contributed by atoms with Crippen LogP contribution in [-0.2, 0) is 0 Å². The molecule has 0 radical (unpaired) electrons. The summed E-state index contributed by atoms with van der Waals surface area (Å²) in [5, 5.41) is 26.3. The number of hydrogen-bond acceptors (Lipinski definition) is 4. The summed E-state index contributed by atoms with van der Waals surface area (Å²) in [7, 11) is 0. The molecule has 0 aromatic carbocycles. The van der Waals surface area contributed by atoms with Crippen molar-refractivity contribution in [1.29, 1.82) is 0 Å². The van der Waals surface area contributed by atoms with Gasteiger partial charge < -0.3 is 10.2 Å². The Bertz CT molecular complexity index is 112. The minimum atomic E-state index is -2.11. The Morgan fingerprint density at radius 1 is 1.56 bits per heavy atom. The lowest BCUT2D eigenvalue weighted by Crippen LogP contribution is -2.39. The van der Waals surface area contributed by atoms with Crippen molar-refractivity contribution >= 4 is 11.6 Å². The number of nitro groups is 1. The molecule has 0 heterocycles. The molecule has 5 nitrogen and oxygen atoms in total. The Labute approximate surface area is 56.0 Å². The minimum absolute atomic E-state index is 0.877. The summed E-state index contributed by atoms with van der Waals surface area (Å²) in [6, 6.07) is 0. The average molecular weight is 156 g/mol. The number of aliphatic hydroxyl groups excluding tert-OH is 2. The monoisotopic (exact) mass is 155 g/mol. The smallest absolute Gasteiger partial charge is 0.340 e. The van der Waals surface area contributed by atoms with Crippen LogP contribution in [0.5, 0.6) is 0 Å². The van der Waals surface area contributed by atoms with Gasteiger partial charge in [0.1, 0.15) is 13.2 Å². The van der Waals surface area contributed by atoms with E-state index in [4.69, 9.17) is 21.8 Å². The number of halogens is 1. The molecule has 0 aliphatic carbocycles. The number of alkyl halides is 1. The highest BCUT2D eigenvalue weighted by Crippen LogP contribution is 2.12. The average Bonchev–Trinajstić information content (AvgIpc) is 1.86. The normalized spacial score (nSPS) is 11.4. The van der Waals surface area contributed by atoms with Crippen LogP contribution in [0.15, 0.2) is 0 Å². The molecule has 0 aliphatic rings. The second kappa shape index (κ2) is 2.95. The van der Waals surface area contributed by atoms with Crippen LogP contribution in [0, 0.1) is 10.1 Å². The van der Waals surface area contributed by atoms with Gasteiger partial charge in [0.25, 0.3) is 0 Å². The summed E-state index contributed by atoms with van der Waals surface area (Å²) >= 11 is 5.04. The Kier molecular flexibility index (Phi) is 2.83. The molecule has 2 N–H and O–H groups in total. The van der Waals surface area contributed by atoms with Crippen molar-refractivity contribution in [3.05, 3.63) is 10.1 Å². The third-order valence-corrected chi connectivity index (χ3v) is 1.19. The minimum Gasteiger partial charge on any atom is -0.387 e. The molecule has 0 amide bonds. The molecule has 0 rings (SSSR count). The number of rotatable bonds is 3. The fourth-order valence-electron chi connectivity index (χ4n) is 0.165. The van der Waals surface area contributed by atoms with Gasteiger partial charge in [0.15, 0.2) is 0 Å². The fraction of sp³-hybridized carbons (Fsp3) is 1.00. The quantitative estimate of drug-likeness (QED) is 0.242. The third kappa shape index (κ3) is 1.78. The van der Waals surface area contributed by atoms with Gasteiger partial charge in [-0.25, -0.2) is 0 Å². The van der Waals surface area contributed by atoms with Crippen LogP contribution in [0.1, 0.15) is 0 Å². The lowest BCUT2D eigenvalue weighted by atomic mass is 10.3. The second-order valence-electron chi connectivity index (χ2n) is 1.49. The molecule has 0 bridgehead atoms. The van der Waals surface area contributed by atoms with Gasteiger partial charge in [-0.15, -0.1) is 0 Å². The van der Waals surface area contributed by atoms with E-state index in [1.807, 2.05) is 0 Å². The molecule has 6 heteroatoms. The first kappa shape index (κ1) is 8.61. The molecular weight excluding hydrogens is 149 g/mol. The van der Waals surface area contributed by atoms with Crippen molar-refractivity contribution in [1.82, 2.24) is 0 Å². The van der Waals surface area contributed by atoms with E-state index in [0.717, 1.165) is 0 Å². The molecule has 0 aliphatic heterocycles. The van der Waals surface area contributed by atoms with E-state index >= 15 is 0 Å². The lowest BCUT2D eigenvalue weighted by molar-refractivity contribution is -0.548. The van der Waals surface area contributed by atoms with E-state index < -0.39 is 23.1 Å². The highest BCUT2D eigenvalue weighted by atomic mass is 35.5. The Hall–Kier alpha value is -0.390. The van der Waals surface area contributed by atoms with Gasteiger partial charge in [-0.1, -0.05) is 0 Å². The maximum Gasteiger partial charge on any atom is 0.340 e. The molecule has 0 aromatic heterocycles. The zero-order chi connectivity index (χ0) is 7.49. The van der Waals surface area contributed by atoms with E-state index in [9.17, 15) is 10.1 Å². The van der Waals surface area contributed by atoms with Gasteiger partial charge in [-0.2, -0.15) is 0 Å². The summed E-state index contributed by atoms with van der Waals surface area (Å²) in [5.74, 6) is 0. The summed E-state index contributed by atoms with van der Waals surface area (Å²) in [6.45, 7) is -1.75. The first-order valence-electron chi connectivity index (χ1n) is 2.12. The zero-order valence-corrected chi connectivity index (χ0v) is 5.21. The first-order valence-corrected chi connectivity index (χ1v) is 2.50.